The predicted molar refractivity (Wildman–Crippen MR) is 95.3 cm³/mol. The zero-order valence-corrected chi connectivity index (χ0v) is 14.7. The number of amides is 2. The number of rotatable bonds is 6. The number of ether oxygens (including phenoxy) is 1. The number of nitrogens with zero attached hydrogens (tertiary/aromatic N) is 2. The smallest absolute Gasteiger partial charge is 0.243 e. The van der Waals surface area contributed by atoms with E-state index in [0.717, 1.165) is 30.7 Å². The fraction of sp³-hybridized carbons (Fsp3) is 0.526. The number of aryl methyl sites for hydroxylation is 1. The standard InChI is InChI=1S/C19H25N3O3/c1-14-4-6-15(7-5-14)17-8-9-19(24)22(21-17)11-10-18(23)20-13-16-3-2-12-25-16/h4-7,16H,2-3,8-13H2,1H3,(H,20,23). The van der Waals surface area contributed by atoms with Gasteiger partial charge in [-0.05, 0) is 25.3 Å². The molecule has 134 valence electrons. The first-order valence-electron chi connectivity index (χ1n) is 8.95. The molecule has 0 spiro atoms. The summed E-state index contributed by atoms with van der Waals surface area (Å²) in [7, 11) is 0. The Balaban J connectivity index is 1.52. The molecule has 1 aromatic rings. The molecule has 2 heterocycles. The van der Waals surface area contributed by atoms with Crippen molar-refractivity contribution in [3.63, 3.8) is 0 Å². The summed E-state index contributed by atoms with van der Waals surface area (Å²) >= 11 is 0. The highest BCUT2D eigenvalue weighted by Gasteiger charge is 2.22. The minimum absolute atomic E-state index is 0.0252. The molecule has 2 amide bonds. The Hall–Kier alpha value is -2.21. The molecule has 0 aliphatic carbocycles. The number of hydrazone groups is 1. The van der Waals surface area contributed by atoms with E-state index in [-0.39, 0.29) is 24.3 Å². The molecule has 2 aliphatic rings. The number of carbonyl (C=O) groups excluding carboxylic acids is 2. The average molecular weight is 343 g/mol. The molecule has 2 aliphatic heterocycles. The monoisotopic (exact) mass is 343 g/mol. The number of benzene rings is 1. The highest BCUT2D eigenvalue weighted by atomic mass is 16.5. The first-order valence-corrected chi connectivity index (χ1v) is 8.95. The van der Waals surface area contributed by atoms with Gasteiger partial charge in [-0.15, -0.1) is 0 Å². The Morgan fingerprint density at radius 2 is 2.12 bits per heavy atom. The van der Waals surface area contributed by atoms with Crippen LogP contribution in [0.1, 0.15) is 43.2 Å². The molecule has 1 atom stereocenters. The minimum Gasteiger partial charge on any atom is -0.376 e. The Morgan fingerprint density at radius 1 is 1.32 bits per heavy atom. The van der Waals surface area contributed by atoms with Crippen LogP contribution in [0.15, 0.2) is 29.4 Å². The van der Waals surface area contributed by atoms with Gasteiger partial charge < -0.3 is 10.1 Å². The number of hydrogen-bond donors (Lipinski definition) is 1. The molecular weight excluding hydrogens is 318 g/mol. The third-order valence-electron chi connectivity index (χ3n) is 4.59. The van der Waals surface area contributed by atoms with Gasteiger partial charge in [-0.2, -0.15) is 5.10 Å². The summed E-state index contributed by atoms with van der Waals surface area (Å²) in [5.41, 5.74) is 3.13. The molecule has 1 aromatic carbocycles. The summed E-state index contributed by atoms with van der Waals surface area (Å²) in [6.45, 7) is 3.67. The third-order valence-corrected chi connectivity index (χ3v) is 4.59. The van der Waals surface area contributed by atoms with Crippen LogP contribution in [0.5, 0.6) is 0 Å². The van der Waals surface area contributed by atoms with Gasteiger partial charge in [0.15, 0.2) is 0 Å². The Kier molecular flexibility index (Phi) is 5.81. The lowest BCUT2D eigenvalue weighted by atomic mass is 10.0. The molecule has 0 radical (unpaired) electrons. The van der Waals surface area contributed by atoms with Crippen LogP contribution in [0, 0.1) is 6.92 Å². The van der Waals surface area contributed by atoms with Crippen molar-refractivity contribution in [2.45, 2.75) is 45.1 Å². The van der Waals surface area contributed by atoms with Crippen molar-refractivity contribution in [2.75, 3.05) is 19.7 Å². The van der Waals surface area contributed by atoms with Crippen LogP contribution in [0.4, 0.5) is 0 Å². The molecular formula is C19H25N3O3. The topological polar surface area (TPSA) is 71.0 Å². The lowest BCUT2D eigenvalue weighted by Gasteiger charge is -2.23. The van der Waals surface area contributed by atoms with E-state index in [4.69, 9.17) is 4.74 Å². The van der Waals surface area contributed by atoms with Crippen molar-refractivity contribution >= 4 is 17.5 Å². The third kappa shape index (κ3) is 4.89. The SMILES string of the molecule is Cc1ccc(C2=NN(CCC(=O)NCC3CCCO3)C(=O)CC2)cc1. The van der Waals surface area contributed by atoms with Gasteiger partial charge in [0, 0.05) is 32.4 Å². The molecule has 6 heteroatoms. The summed E-state index contributed by atoms with van der Waals surface area (Å²) in [4.78, 5) is 24.1. The molecule has 1 N–H and O–H groups in total. The number of carbonyl (C=O) groups is 2. The maximum Gasteiger partial charge on any atom is 0.243 e. The summed E-state index contributed by atoms with van der Waals surface area (Å²) in [5, 5.41) is 8.78. The van der Waals surface area contributed by atoms with Gasteiger partial charge in [-0.25, -0.2) is 5.01 Å². The summed E-state index contributed by atoms with van der Waals surface area (Å²) in [6.07, 6.45) is 3.51. The van der Waals surface area contributed by atoms with Crippen molar-refractivity contribution in [2.24, 2.45) is 5.10 Å². The van der Waals surface area contributed by atoms with E-state index >= 15 is 0 Å². The molecule has 1 fully saturated rings. The second-order valence-electron chi connectivity index (χ2n) is 6.62. The molecule has 0 bridgehead atoms. The highest BCUT2D eigenvalue weighted by Crippen LogP contribution is 2.16. The van der Waals surface area contributed by atoms with E-state index < -0.39 is 0 Å². The van der Waals surface area contributed by atoms with Crippen molar-refractivity contribution in [1.82, 2.24) is 10.3 Å². The summed E-state index contributed by atoms with van der Waals surface area (Å²) < 4.78 is 5.49. The summed E-state index contributed by atoms with van der Waals surface area (Å²) in [6, 6.07) is 8.13. The van der Waals surface area contributed by atoms with Gasteiger partial charge in [0.1, 0.15) is 0 Å². The fourth-order valence-corrected chi connectivity index (χ4v) is 3.06. The number of hydrogen-bond acceptors (Lipinski definition) is 4. The average Bonchev–Trinajstić information content (AvgIpc) is 3.13. The lowest BCUT2D eigenvalue weighted by molar-refractivity contribution is -0.132. The van der Waals surface area contributed by atoms with Crippen LogP contribution in [0.2, 0.25) is 0 Å². The zero-order chi connectivity index (χ0) is 17.6. The highest BCUT2D eigenvalue weighted by molar-refractivity contribution is 6.04. The Labute approximate surface area is 148 Å². The molecule has 0 saturated carbocycles. The molecule has 0 aromatic heterocycles. The largest absolute Gasteiger partial charge is 0.376 e. The van der Waals surface area contributed by atoms with E-state index in [9.17, 15) is 9.59 Å². The van der Waals surface area contributed by atoms with Crippen molar-refractivity contribution in [3.05, 3.63) is 35.4 Å². The Bertz CT molecular complexity index is 648. The van der Waals surface area contributed by atoms with Crippen molar-refractivity contribution < 1.29 is 14.3 Å². The van der Waals surface area contributed by atoms with Gasteiger partial charge in [-0.3, -0.25) is 9.59 Å². The Morgan fingerprint density at radius 3 is 2.84 bits per heavy atom. The second kappa shape index (κ2) is 8.25. The maximum absolute atomic E-state index is 12.1. The molecule has 1 unspecified atom stereocenters. The van der Waals surface area contributed by atoms with E-state index in [0.29, 0.717) is 25.9 Å². The second-order valence-corrected chi connectivity index (χ2v) is 6.62. The van der Waals surface area contributed by atoms with Crippen LogP contribution in [-0.4, -0.2) is 48.3 Å². The van der Waals surface area contributed by atoms with Gasteiger partial charge in [0.25, 0.3) is 0 Å². The van der Waals surface area contributed by atoms with E-state index in [1.54, 1.807) is 0 Å². The molecule has 3 rings (SSSR count). The van der Waals surface area contributed by atoms with Gasteiger partial charge >= 0.3 is 0 Å². The van der Waals surface area contributed by atoms with Gasteiger partial charge in [-0.1, -0.05) is 29.8 Å². The van der Waals surface area contributed by atoms with Crippen LogP contribution in [0.25, 0.3) is 0 Å². The molecule has 1 saturated heterocycles. The van der Waals surface area contributed by atoms with Crippen LogP contribution < -0.4 is 5.32 Å². The van der Waals surface area contributed by atoms with Gasteiger partial charge in [0.2, 0.25) is 11.8 Å². The predicted octanol–water partition coefficient (Wildman–Crippen LogP) is 2.01. The van der Waals surface area contributed by atoms with E-state index in [1.807, 2.05) is 31.2 Å². The van der Waals surface area contributed by atoms with Crippen molar-refractivity contribution in [1.29, 1.82) is 0 Å². The van der Waals surface area contributed by atoms with Crippen LogP contribution in [0.3, 0.4) is 0 Å². The lowest BCUT2D eigenvalue weighted by Crippen LogP contribution is -2.37. The van der Waals surface area contributed by atoms with Crippen molar-refractivity contribution in [3.8, 4) is 0 Å². The first-order chi connectivity index (χ1) is 12.1. The first kappa shape index (κ1) is 17.6. The van der Waals surface area contributed by atoms with E-state index in [1.165, 1.54) is 10.6 Å². The normalized spacial score (nSPS) is 20.5. The fourth-order valence-electron chi connectivity index (χ4n) is 3.06. The van der Waals surface area contributed by atoms with Gasteiger partial charge in [0.05, 0.1) is 18.4 Å². The maximum atomic E-state index is 12.1. The summed E-state index contributed by atoms with van der Waals surface area (Å²) in [5.74, 6) is -0.0938. The van der Waals surface area contributed by atoms with E-state index in [2.05, 4.69) is 10.4 Å². The zero-order valence-electron chi connectivity index (χ0n) is 14.7. The molecule has 6 nitrogen and oxygen atoms in total. The van der Waals surface area contributed by atoms with Crippen LogP contribution >= 0.6 is 0 Å². The molecule has 25 heavy (non-hydrogen) atoms. The minimum atomic E-state index is -0.0686. The number of nitrogens with one attached hydrogen (secondary N) is 1. The quantitative estimate of drug-likeness (QED) is 0.859. The van der Waals surface area contributed by atoms with Crippen LogP contribution in [-0.2, 0) is 14.3 Å².